The van der Waals surface area contributed by atoms with Crippen molar-refractivity contribution in [1.82, 2.24) is 9.88 Å². The molecule has 0 unspecified atom stereocenters. The average molecular weight is 495 g/mol. The highest BCUT2D eigenvalue weighted by atomic mass is 35.5. The van der Waals surface area contributed by atoms with Gasteiger partial charge in [-0.1, -0.05) is 87.7 Å². The lowest BCUT2D eigenvalue weighted by atomic mass is 9.96. The van der Waals surface area contributed by atoms with E-state index in [1.54, 1.807) is 0 Å². The molecule has 0 aliphatic rings. The highest BCUT2D eigenvalue weighted by Gasteiger charge is 2.19. The molecule has 1 atom stereocenters. The van der Waals surface area contributed by atoms with E-state index < -0.39 is 6.10 Å². The average Bonchev–Trinajstić information content (AvgIpc) is 2.84. The van der Waals surface area contributed by atoms with Crippen molar-refractivity contribution < 1.29 is 5.11 Å². The number of halogens is 1. The third-order valence-electron chi connectivity index (χ3n) is 6.87. The number of nitrogens with zero attached hydrogens (tertiary/aromatic N) is 2. The second-order valence-electron chi connectivity index (χ2n) is 10.0. The van der Waals surface area contributed by atoms with Crippen LogP contribution in [-0.2, 0) is 0 Å². The molecule has 0 amide bonds. The van der Waals surface area contributed by atoms with Crippen molar-refractivity contribution in [2.75, 3.05) is 19.6 Å². The Morgan fingerprint density at radius 3 is 2.09 bits per heavy atom. The SMILES string of the molecule is CCCCCCN(CCCCCC)C[C@@H](O)c1cc(-c2ccc(Cl)cc2)nc2c(C)cc(C)cc12. The van der Waals surface area contributed by atoms with Crippen LogP contribution in [0, 0.1) is 13.8 Å². The van der Waals surface area contributed by atoms with Gasteiger partial charge in [0.15, 0.2) is 0 Å². The van der Waals surface area contributed by atoms with Gasteiger partial charge in [-0.15, -0.1) is 0 Å². The molecule has 1 aromatic heterocycles. The maximum atomic E-state index is 11.6. The van der Waals surface area contributed by atoms with E-state index >= 15 is 0 Å². The normalized spacial score (nSPS) is 12.5. The quantitative estimate of drug-likeness (QED) is 0.228. The summed E-state index contributed by atoms with van der Waals surface area (Å²) >= 11 is 6.13. The number of hydrogen-bond donors (Lipinski definition) is 1. The van der Waals surface area contributed by atoms with Gasteiger partial charge in [0.2, 0.25) is 0 Å². The van der Waals surface area contributed by atoms with Gasteiger partial charge < -0.3 is 10.0 Å². The van der Waals surface area contributed by atoms with Crippen LogP contribution in [0.5, 0.6) is 0 Å². The number of aliphatic hydroxyl groups is 1. The van der Waals surface area contributed by atoms with Crippen molar-refractivity contribution in [1.29, 1.82) is 0 Å². The molecule has 35 heavy (non-hydrogen) atoms. The van der Waals surface area contributed by atoms with Crippen molar-refractivity contribution in [3.8, 4) is 11.3 Å². The second kappa shape index (κ2) is 14.0. The number of hydrogen-bond acceptors (Lipinski definition) is 3. The summed E-state index contributed by atoms with van der Waals surface area (Å²) < 4.78 is 0. The molecule has 2 aromatic carbocycles. The molecule has 0 bridgehead atoms. The summed E-state index contributed by atoms with van der Waals surface area (Å²) in [6.07, 6.45) is 9.39. The number of rotatable bonds is 14. The smallest absolute Gasteiger partial charge is 0.0924 e. The molecule has 190 valence electrons. The van der Waals surface area contributed by atoms with Gasteiger partial charge in [0, 0.05) is 22.5 Å². The maximum Gasteiger partial charge on any atom is 0.0924 e. The van der Waals surface area contributed by atoms with E-state index in [2.05, 4.69) is 50.8 Å². The summed E-state index contributed by atoms with van der Waals surface area (Å²) in [7, 11) is 0. The Kier molecular flexibility index (Phi) is 11.0. The molecule has 0 spiro atoms. The summed E-state index contributed by atoms with van der Waals surface area (Å²) in [5.41, 5.74) is 6.17. The predicted molar refractivity (Wildman–Crippen MR) is 151 cm³/mol. The maximum absolute atomic E-state index is 11.6. The van der Waals surface area contributed by atoms with Crippen LogP contribution in [0.2, 0.25) is 5.02 Å². The number of fused-ring (bicyclic) bond motifs is 1. The number of pyridine rings is 1. The number of aryl methyl sites for hydroxylation is 2. The van der Waals surface area contributed by atoms with Crippen molar-refractivity contribution in [2.45, 2.75) is 85.2 Å². The number of aromatic nitrogens is 1. The molecule has 0 aliphatic carbocycles. The molecule has 1 N–H and O–H groups in total. The molecule has 1 heterocycles. The van der Waals surface area contributed by atoms with Crippen LogP contribution < -0.4 is 0 Å². The van der Waals surface area contributed by atoms with Gasteiger partial charge in [0.1, 0.15) is 0 Å². The minimum atomic E-state index is -0.565. The van der Waals surface area contributed by atoms with Gasteiger partial charge in [-0.25, -0.2) is 4.98 Å². The van der Waals surface area contributed by atoms with Crippen LogP contribution in [-0.4, -0.2) is 34.6 Å². The molecule has 0 fully saturated rings. The minimum absolute atomic E-state index is 0.565. The Hall–Kier alpha value is -1.94. The molecule has 3 rings (SSSR count). The fraction of sp³-hybridized carbons (Fsp3) is 0.516. The first-order chi connectivity index (χ1) is 16.9. The third-order valence-corrected chi connectivity index (χ3v) is 7.12. The Balaban J connectivity index is 1.92. The van der Waals surface area contributed by atoms with Crippen LogP contribution in [0.4, 0.5) is 0 Å². The first-order valence-corrected chi connectivity index (χ1v) is 13.9. The zero-order valence-corrected chi connectivity index (χ0v) is 22.9. The van der Waals surface area contributed by atoms with E-state index in [-0.39, 0.29) is 0 Å². The second-order valence-corrected chi connectivity index (χ2v) is 10.5. The minimum Gasteiger partial charge on any atom is -0.387 e. The molecular weight excluding hydrogens is 452 g/mol. The summed E-state index contributed by atoms with van der Waals surface area (Å²) in [4.78, 5) is 7.49. The largest absolute Gasteiger partial charge is 0.387 e. The van der Waals surface area contributed by atoms with Gasteiger partial charge in [-0.05, 0) is 75.2 Å². The van der Waals surface area contributed by atoms with Gasteiger partial charge in [-0.3, -0.25) is 0 Å². The summed E-state index contributed by atoms with van der Waals surface area (Å²) in [5, 5.41) is 13.4. The number of aliphatic hydroxyl groups excluding tert-OH is 1. The number of unbranched alkanes of at least 4 members (excludes halogenated alkanes) is 6. The lowest BCUT2D eigenvalue weighted by molar-refractivity contribution is 0.111. The van der Waals surface area contributed by atoms with Crippen LogP contribution in [0.3, 0.4) is 0 Å². The third kappa shape index (κ3) is 8.03. The lowest BCUT2D eigenvalue weighted by Crippen LogP contribution is -2.31. The zero-order chi connectivity index (χ0) is 25.2. The molecule has 0 aliphatic heterocycles. The summed E-state index contributed by atoms with van der Waals surface area (Å²) in [6.45, 7) is 11.5. The Labute approximate surface area is 217 Å². The van der Waals surface area contributed by atoms with E-state index in [9.17, 15) is 5.11 Å². The highest BCUT2D eigenvalue weighted by Crippen LogP contribution is 2.32. The van der Waals surface area contributed by atoms with E-state index in [1.807, 2.05) is 24.3 Å². The first-order valence-electron chi connectivity index (χ1n) is 13.5. The topological polar surface area (TPSA) is 36.4 Å². The first kappa shape index (κ1) is 27.6. The Morgan fingerprint density at radius 2 is 1.49 bits per heavy atom. The van der Waals surface area contributed by atoms with Crippen LogP contribution in [0.15, 0.2) is 42.5 Å². The van der Waals surface area contributed by atoms with Crippen molar-refractivity contribution in [2.24, 2.45) is 0 Å². The summed E-state index contributed by atoms with van der Waals surface area (Å²) in [6, 6.07) is 14.2. The standard InChI is InChI=1S/C31H43ClN2O/c1-5-7-9-11-17-34(18-12-10-8-6-2)22-30(35)27-21-29(25-13-15-26(32)16-14-25)33-31-24(4)19-23(3)20-28(27)31/h13-16,19-21,30,35H,5-12,17-18,22H2,1-4H3/t30-/m1/s1. The van der Waals surface area contributed by atoms with Crippen molar-refractivity contribution in [3.05, 3.63) is 64.2 Å². The van der Waals surface area contributed by atoms with E-state index in [1.165, 1.54) is 56.9 Å². The Bertz CT molecular complexity index is 1050. The lowest BCUT2D eigenvalue weighted by Gasteiger charge is -2.26. The fourth-order valence-electron chi connectivity index (χ4n) is 4.91. The molecule has 3 nitrogen and oxygen atoms in total. The molecule has 3 aromatic rings. The molecule has 0 saturated carbocycles. The van der Waals surface area contributed by atoms with E-state index in [4.69, 9.17) is 16.6 Å². The molecule has 0 radical (unpaired) electrons. The van der Waals surface area contributed by atoms with Gasteiger partial charge in [0.25, 0.3) is 0 Å². The monoisotopic (exact) mass is 494 g/mol. The molecule has 4 heteroatoms. The van der Waals surface area contributed by atoms with Crippen LogP contribution in [0.1, 0.15) is 88.0 Å². The van der Waals surface area contributed by atoms with E-state index in [0.717, 1.165) is 46.4 Å². The van der Waals surface area contributed by atoms with Crippen molar-refractivity contribution in [3.63, 3.8) is 0 Å². The van der Waals surface area contributed by atoms with Crippen LogP contribution >= 0.6 is 11.6 Å². The van der Waals surface area contributed by atoms with Crippen molar-refractivity contribution >= 4 is 22.5 Å². The molecule has 0 saturated heterocycles. The van der Waals surface area contributed by atoms with Crippen LogP contribution in [0.25, 0.3) is 22.2 Å². The summed E-state index contributed by atoms with van der Waals surface area (Å²) in [5.74, 6) is 0. The van der Waals surface area contributed by atoms with E-state index in [0.29, 0.717) is 11.6 Å². The number of benzene rings is 2. The predicted octanol–water partition coefficient (Wildman–Crippen LogP) is 8.67. The highest BCUT2D eigenvalue weighted by molar-refractivity contribution is 6.30. The molecular formula is C31H43ClN2O. The van der Waals surface area contributed by atoms with Gasteiger partial charge in [0.05, 0.1) is 17.3 Å². The Morgan fingerprint density at radius 1 is 0.857 bits per heavy atom. The fourth-order valence-corrected chi connectivity index (χ4v) is 5.04. The van der Waals surface area contributed by atoms with Gasteiger partial charge in [-0.2, -0.15) is 0 Å². The zero-order valence-electron chi connectivity index (χ0n) is 22.1. The van der Waals surface area contributed by atoms with Gasteiger partial charge >= 0.3 is 0 Å².